The number of aliphatic hydroxyl groups is 1. The Morgan fingerprint density at radius 3 is 3.00 bits per heavy atom. The highest BCUT2D eigenvalue weighted by Crippen LogP contribution is 2.27. The minimum absolute atomic E-state index is 0.0264. The fourth-order valence-electron chi connectivity index (χ4n) is 1.97. The summed E-state index contributed by atoms with van der Waals surface area (Å²) in [4.78, 5) is 0. The van der Waals surface area contributed by atoms with Crippen LogP contribution in [0, 0.1) is 12.3 Å². The van der Waals surface area contributed by atoms with E-state index in [-0.39, 0.29) is 6.10 Å². The largest absolute Gasteiger partial charge is 0.393 e. The molecule has 71 valence electrons. The maximum absolute atomic E-state index is 9.79. The molecule has 1 fully saturated rings. The summed E-state index contributed by atoms with van der Waals surface area (Å²) < 4.78 is 0. The molecule has 1 N–H and O–H groups in total. The number of unbranched alkanes of at least 4 members (excludes halogenated alkanes) is 1. The predicted octanol–water partition coefficient (Wildman–Crippen LogP) is 2.93. The first-order chi connectivity index (χ1) is 5.84. The third-order valence-electron chi connectivity index (χ3n) is 2.85. The van der Waals surface area contributed by atoms with Crippen molar-refractivity contribution in [3.8, 4) is 0 Å². The van der Waals surface area contributed by atoms with Gasteiger partial charge in [-0.15, -0.1) is 0 Å². The Morgan fingerprint density at radius 1 is 1.58 bits per heavy atom. The summed E-state index contributed by atoms with van der Waals surface area (Å²) in [5, 5.41) is 9.79. The zero-order valence-corrected chi connectivity index (χ0v) is 8.13. The van der Waals surface area contributed by atoms with Gasteiger partial charge in [0.05, 0.1) is 6.10 Å². The molecular weight excluding hydrogens is 148 g/mol. The van der Waals surface area contributed by atoms with Gasteiger partial charge in [0, 0.05) is 0 Å². The van der Waals surface area contributed by atoms with Crippen LogP contribution in [0.5, 0.6) is 0 Å². The molecule has 0 aromatic heterocycles. The molecule has 0 saturated heterocycles. The van der Waals surface area contributed by atoms with Crippen LogP contribution in [0.25, 0.3) is 0 Å². The van der Waals surface area contributed by atoms with Crippen molar-refractivity contribution in [3.05, 3.63) is 6.42 Å². The van der Waals surface area contributed by atoms with Crippen LogP contribution in [0.15, 0.2) is 0 Å². The van der Waals surface area contributed by atoms with Gasteiger partial charge in [0.1, 0.15) is 0 Å². The van der Waals surface area contributed by atoms with Crippen LogP contribution in [0.4, 0.5) is 0 Å². The minimum Gasteiger partial charge on any atom is -0.393 e. The van der Waals surface area contributed by atoms with Crippen LogP contribution in [-0.2, 0) is 0 Å². The van der Waals surface area contributed by atoms with Gasteiger partial charge in [-0.25, -0.2) is 0 Å². The summed E-state index contributed by atoms with van der Waals surface area (Å²) in [7, 11) is 0. The second-order valence-electron chi connectivity index (χ2n) is 3.92. The Kier molecular flexibility index (Phi) is 4.67. The van der Waals surface area contributed by atoms with E-state index in [4.69, 9.17) is 0 Å². The van der Waals surface area contributed by atoms with Gasteiger partial charge in [0.15, 0.2) is 0 Å². The van der Waals surface area contributed by atoms with E-state index >= 15 is 0 Å². The van der Waals surface area contributed by atoms with Crippen LogP contribution in [-0.4, -0.2) is 11.2 Å². The molecule has 1 radical (unpaired) electrons. The maximum Gasteiger partial charge on any atom is 0.0568 e. The molecular formula is C11H21O. The number of hydrogen-bond acceptors (Lipinski definition) is 1. The Morgan fingerprint density at radius 2 is 2.42 bits per heavy atom. The lowest BCUT2D eigenvalue weighted by atomic mass is 9.84. The topological polar surface area (TPSA) is 20.2 Å². The first kappa shape index (κ1) is 10.0. The maximum atomic E-state index is 9.79. The molecule has 1 rings (SSSR count). The molecule has 2 atom stereocenters. The summed E-state index contributed by atoms with van der Waals surface area (Å²) >= 11 is 0. The molecule has 0 spiro atoms. The van der Waals surface area contributed by atoms with E-state index in [0.717, 1.165) is 12.8 Å². The lowest BCUT2D eigenvalue weighted by Crippen LogP contribution is -2.22. The van der Waals surface area contributed by atoms with Crippen LogP contribution in [0.2, 0.25) is 0 Å². The summed E-state index contributed by atoms with van der Waals surface area (Å²) in [5.74, 6) is 0.574. The normalized spacial score (nSPS) is 22.5. The first-order valence-electron chi connectivity index (χ1n) is 5.34. The van der Waals surface area contributed by atoms with Crippen molar-refractivity contribution in [3.63, 3.8) is 0 Å². The lowest BCUT2D eigenvalue weighted by molar-refractivity contribution is 0.0838. The highest BCUT2D eigenvalue weighted by Gasteiger charge is 2.20. The van der Waals surface area contributed by atoms with Gasteiger partial charge in [0.2, 0.25) is 0 Å². The number of aliphatic hydroxyl groups excluding tert-OH is 1. The van der Waals surface area contributed by atoms with Crippen molar-refractivity contribution in [2.75, 3.05) is 0 Å². The van der Waals surface area contributed by atoms with Crippen molar-refractivity contribution >= 4 is 0 Å². The molecule has 0 amide bonds. The van der Waals surface area contributed by atoms with Crippen LogP contribution in [0.1, 0.15) is 51.9 Å². The van der Waals surface area contributed by atoms with Crippen molar-refractivity contribution in [2.24, 2.45) is 5.92 Å². The fraction of sp³-hybridized carbons (Fsp3) is 0.909. The van der Waals surface area contributed by atoms with E-state index in [1.165, 1.54) is 32.1 Å². The van der Waals surface area contributed by atoms with Gasteiger partial charge >= 0.3 is 0 Å². The quantitative estimate of drug-likeness (QED) is 0.686. The molecule has 1 aliphatic rings. The summed E-state index contributed by atoms with van der Waals surface area (Å²) in [5.41, 5.74) is 0. The smallest absolute Gasteiger partial charge is 0.0568 e. The number of rotatable bonds is 4. The van der Waals surface area contributed by atoms with Gasteiger partial charge in [-0.1, -0.05) is 32.6 Å². The molecule has 0 aromatic rings. The van der Waals surface area contributed by atoms with Gasteiger partial charge in [-0.2, -0.15) is 0 Å². The van der Waals surface area contributed by atoms with E-state index in [1.54, 1.807) is 0 Å². The summed E-state index contributed by atoms with van der Waals surface area (Å²) in [6.45, 7) is 2.18. The van der Waals surface area contributed by atoms with E-state index in [9.17, 15) is 5.11 Å². The third kappa shape index (κ3) is 3.14. The average Bonchev–Trinajstić information content (AvgIpc) is 2.15. The van der Waals surface area contributed by atoms with Crippen molar-refractivity contribution in [2.45, 2.75) is 58.0 Å². The molecule has 1 heteroatoms. The van der Waals surface area contributed by atoms with Crippen molar-refractivity contribution in [1.29, 1.82) is 0 Å². The molecule has 0 aromatic carbocycles. The monoisotopic (exact) mass is 169 g/mol. The second-order valence-corrected chi connectivity index (χ2v) is 3.92. The van der Waals surface area contributed by atoms with Gasteiger partial charge < -0.3 is 5.11 Å². The summed E-state index contributed by atoms with van der Waals surface area (Å²) in [6, 6.07) is 0. The first-order valence-corrected chi connectivity index (χ1v) is 5.34. The van der Waals surface area contributed by atoms with Crippen molar-refractivity contribution < 1.29 is 5.11 Å². The van der Waals surface area contributed by atoms with E-state index in [1.807, 2.05) is 0 Å². The van der Waals surface area contributed by atoms with Crippen LogP contribution < -0.4 is 0 Å². The standard InChI is InChI=1S/C11H21O/c1-2-3-9-11(12)10-7-5-4-6-8-10/h5,10-12H,2-4,6-9H2,1H3. The highest BCUT2D eigenvalue weighted by atomic mass is 16.3. The molecule has 12 heavy (non-hydrogen) atoms. The Labute approximate surface area is 76.2 Å². The zero-order valence-electron chi connectivity index (χ0n) is 8.13. The Bertz CT molecular complexity index is 106. The molecule has 1 saturated carbocycles. The SMILES string of the molecule is CCCCC(O)C1C[CH]CCC1. The predicted molar refractivity (Wildman–Crippen MR) is 51.8 cm³/mol. The molecule has 2 unspecified atom stereocenters. The molecule has 0 aliphatic heterocycles. The summed E-state index contributed by atoms with van der Waals surface area (Å²) in [6.07, 6.45) is 10.6. The molecule has 1 nitrogen and oxygen atoms in total. The average molecular weight is 169 g/mol. The van der Waals surface area contributed by atoms with Crippen LogP contribution in [0.3, 0.4) is 0 Å². The molecule has 0 heterocycles. The zero-order chi connectivity index (χ0) is 8.81. The Hall–Kier alpha value is -0.0400. The van der Waals surface area contributed by atoms with E-state index < -0.39 is 0 Å². The number of hydrogen-bond donors (Lipinski definition) is 1. The molecule has 1 aliphatic carbocycles. The van der Waals surface area contributed by atoms with Gasteiger partial charge in [-0.05, 0) is 31.6 Å². The van der Waals surface area contributed by atoms with E-state index in [0.29, 0.717) is 5.92 Å². The Balaban J connectivity index is 2.15. The molecule has 0 bridgehead atoms. The second kappa shape index (κ2) is 5.58. The van der Waals surface area contributed by atoms with Gasteiger partial charge in [-0.3, -0.25) is 0 Å². The van der Waals surface area contributed by atoms with E-state index in [2.05, 4.69) is 13.3 Å². The van der Waals surface area contributed by atoms with Crippen LogP contribution >= 0.6 is 0 Å². The minimum atomic E-state index is -0.0264. The van der Waals surface area contributed by atoms with Crippen molar-refractivity contribution in [1.82, 2.24) is 0 Å². The third-order valence-corrected chi connectivity index (χ3v) is 2.85. The highest BCUT2D eigenvalue weighted by molar-refractivity contribution is 4.81. The fourth-order valence-corrected chi connectivity index (χ4v) is 1.97. The van der Waals surface area contributed by atoms with Gasteiger partial charge in [0.25, 0.3) is 0 Å². The lowest BCUT2D eigenvalue weighted by Gasteiger charge is -2.26.